The Kier molecular flexibility index (Phi) is 8.62. The quantitative estimate of drug-likeness (QED) is 0.456. The zero-order valence-corrected chi connectivity index (χ0v) is 20.0. The lowest BCUT2D eigenvalue weighted by Crippen LogP contribution is -2.37. The van der Waals surface area contributed by atoms with Crippen molar-refractivity contribution in [3.05, 3.63) is 105 Å². The van der Waals surface area contributed by atoms with Crippen molar-refractivity contribution in [2.24, 2.45) is 0 Å². The van der Waals surface area contributed by atoms with Gasteiger partial charge >= 0.3 is 0 Å². The van der Waals surface area contributed by atoms with Crippen molar-refractivity contribution in [2.45, 2.75) is 38.3 Å². The molecular weight excluding hydrogens is 461 g/mol. The number of aromatic nitrogens is 1. The minimum absolute atomic E-state index is 0.0367. The molecule has 3 aromatic rings. The number of hydrogen-bond donors (Lipinski definition) is 2. The third-order valence-corrected chi connectivity index (χ3v) is 6.14. The summed E-state index contributed by atoms with van der Waals surface area (Å²) in [6.07, 6.45) is 5.79. The van der Waals surface area contributed by atoms with E-state index in [4.69, 9.17) is 4.74 Å². The molecule has 0 unspecified atom stereocenters. The predicted octanol–water partition coefficient (Wildman–Crippen LogP) is 3.11. The Morgan fingerprint density at radius 2 is 1.56 bits per heavy atom. The van der Waals surface area contributed by atoms with Gasteiger partial charge in [-0.1, -0.05) is 42.5 Å². The summed E-state index contributed by atoms with van der Waals surface area (Å²) in [5.74, 6) is -1.44. The Morgan fingerprint density at radius 3 is 2.17 bits per heavy atom. The summed E-state index contributed by atoms with van der Waals surface area (Å²) in [6, 6.07) is 15.9. The summed E-state index contributed by atoms with van der Waals surface area (Å²) in [6.45, 7) is 1.69. The zero-order chi connectivity index (χ0) is 25.3. The van der Waals surface area contributed by atoms with Gasteiger partial charge in [-0.15, -0.1) is 0 Å². The number of halogens is 1. The van der Waals surface area contributed by atoms with Crippen molar-refractivity contribution < 1.29 is 18.7 Å². The van der Waals surface area contributed by atoms with Gasteiger partial charge in [0.15, 0.2) is 0 Å². The molecule has 1 aromatic heterocycles. The Morgan fingerprint density at radius 1 is 0.917 bits per heavy atom. The van der Waals surface area contributed by atoms with Crippen molar-refractivity contribution in [3.63, 3.8) is 0 Å². The van der Waals surface area contributed by atoms with E-state index in [-0.39, 0.29) is 29.6 Å². The van der Waals surface area contributed by atoms with Crippen LogP contribution in [0.5, 0.6) is 0 Å². The minimum atomic E-state index is -0.626. The van der Waals surface area contributed by atoms with Crippen LogP contribution in [0.1, 0.15) is 44.7 Å². The van der Waals surface area contributed by atoms with Crippen molar-refractivity contribution in [2.75, 3.05) is 19.7 Å². The van der Waals surface area contributed by atoms with E-state index in [1.807, 2.05) is 30.3 Å². The van der Waals surface area contributed by atoms with E-state index in [0.717, 1.165) is 24.0 Å². The zero-order valence-electron chi connectivity index (χ0n) is 20.0. The molecule has 36 heavy (non-hydrogen) atoms. The van der Waals surface area contributed by atoms with E-state index in [1.165, 1.54) is 24.5 Å². The monoisotopic (exact) mass is 491 g/mol. The highest BCUT2D eigenvalue weighted by Crippen LogP contribution is 2.14. The molecule has 2 heterocycles. The van der Waals surface area contributed by atoms with Crippen molar-refractivity contribution in [1.29, 1.82) is 0 Å². The molecule has 0 radical (unpaired) electrons. The first kappa shape index (κ1) is 25.3. The maximum atomic E-state index is 13.4. The van der Waals surface area contributed by atoms with Gasteiger partial charge in [-0.25, -0.2) is 4.39 Å². The molecule has 7 nitrogen and oxygen atoms in total. The second kappa shape index (κ2) is 12.3. The average Bonchev–Trinajstić information content (AvgIpc) is 3.38. The lowest BCUT2D eigenvalue weighted by molar-refractivity contribution is 0.0926. The number of benzene rings is 2. The predicted molar refractivity (Wildman–Crippen MR) is 135 cm³/mol. The van der Waals surface area contributed by atoms with Gasteiger partial charge < -0.3 is 19.9 Å². The average molecular weight is 492 g/mol. The maximum Gasteiger partial charge on any atom is 0.256 e. The number of ether oxygens (including phenoxy) is 1. The molecule has 0 bridgehead atoms. The molecule has 0 aliphatic carbocycles. The highest BCUT2D eigenvalue weighted by Gasteiger charge is 2.22. The first-order valence-corrected chi connectivity index (χ1v) is 12.2. The Labute approximate surface area is 209 Å². The minimum Gasteiger partial charge on any atom is -0.376 e. The fourth-order valence-electron chi connectivity index (χ4n) is 4.25. The van der Waals surface area contributed by atoms with Gasteiger partial charge in [0, 0.05) is 38.6 Å². The molecule has 188 valence electrons. The van der Waals surface area contributed by atoms with E-state index >= 15 is 0 Å². The molecule has 1 fully saturated rings. The molecule has 0 saturated carbocycles. The number of carbonyl (C=O) groups is 2. The normalized spacial score (nSPS) is 15.0. The molecule has 1 aliphatic heterocycles. The lowest BCUT2D eigenvalue weighted by Gasteiger charge is -2.16. The van der Waals surface area contributed by atoms with Gasteiger partial charge in [0.1, 0.15) is 16.9 Å². The molecule has 1 saturated heterocycles. The standard InChI is InChI=1S/C28H30FN3O4/c29-22-9-4-8-21(16-22)12-14-31-28(35)25-19-32(17-23-10-5-15-36-23)18-24(26(25)33)27(34)30-13-11-20-6-2-1-3-7-20/h1-4,6-9,16,18-19,23H,5,10-15,17H2,(H,30,34)(H,31,35)/t23-/m0/s1. The molecular formula is C28H30FN3O4. The second-order valence-electron chi connectivity index (χ2n) is 8.87. The van der Waals surface area contributed by atoms with Gasteiger partial charge in [0.25, 0.3) is 11.8 Å². The molecule has 2 aromatic carbocycles. The van der Waals surface area contributed by atoms with Crippen molar-refractivity contribution >= 4 is 11.8 Å². The van der Waals surface area contributed by atoms with E-state index in [0.29, 0.717) is 32.5 Å². The van der Waals surface area contributed by atoms with Crippen LogP contribution in [0, 0.1) is 5.82 Å². The van der Waals surface area contributed by atoms with Crippen LogP contribution >= 0.6 is 0 Å². The Hall–Kier alpha value is -3.78. The fraction of sp³-hybridized carbons (Fsp3) is 0.321. The van der Waals surface area contributed by atoms with Crippen LogP contribution in [-0.2, 0) is 24.1 Å². The summed E-state index contributed by atoms with van der Waals surface area (Å²) in [5, 5.41) is 5.52. The number of nitrogens with zero attached hydrogens (tertiary/aromatic N) is 1. The molecule has 2 N–H and O–H groups in total. The highest BCUT2D eigenvalue weighted by atomic mass is 19.1. The van der Waals surface area contributed by atoms with Gasteiger partial charge in [-0.2, -0.15) is 0 Å². The molecule has 2 amide bonds. The first-order valence-electron chi connectivity index (χ1n) is 12.2. The van der Waals surface area contributed by atoms with Crippen LogP contribution in [0.4, 0.5) is 4.39 Å². The summed E-state index contributed by atoms with van der Waals surface area (Å²) >= 11 is 0. The summed E-state index contributed by atoms with van der Waals surface area (Å²) in [4.78, 5) is 39.0. The summed E-state index contributed by atoms with van der Waals surface area (Å²) < 4.78 is 20.8. The number of rotatable bonds is 10. The number of pyridine rings is 1. The fourth-order valence-corrected chi connectivity index (χ4v) is 4.25. The number of carbonyl (C=O) groups excluding carboxylic acids is 2. The SMILES string of the molecule is O=C(NCCc1ccccc1)c1cn(C[C@@H]2CCCO2)cc(C(=O)NCCc2cccc(F)c2)c1=O. The molecule has 4 rings (SSSR count). The van der Waals surface area contributed by atoms with Gasteiger partial charge in [0.05, 0.1) is 6.10 Å². The van der Waals surface area contributed by atoms with E-state index in [9.17, 15) is 18.8 Å². The van der Waals surface area contributed by atoms with E-state index < -0.39 is 17.2 Å². The van der Waals surface area contributed by atoms with Crippen molar-refractivity contribution in [3.8, 4) is 0 Å². The maximum absolute atomic E-state index is 13.4. The third-order valence-electron chi connectivity index (χ3n) is 6.14. The smallest absolute Gasteiger partial charge is 0.256 e. The lowest BCUT2D eigenvalue weighted by atomic mass is 10.1. The van der Waals surface area contributed by atoms with Gasteiger partial charge in [-0.3, -0.25) is 14.4 Å². The number of nitrogens with one attached hydrogen (secondary N) is 2. The molecule has 1 aliphatic rings. The Bertz CT molecular complexity index is 1250. The van der Waals surface area contributed by atoms with E-state index in [1.54, 1.807) is 16.7 Å². The Balaban J connectivity index is 1.47. The van der Waals surface area contributed by atoms with Gasteiger partial charge in [-0.05, 0) is 48.9 Å². The third kappa shape index (κ3) is 6.88. The number of amides is 2. The molecule has 0 spiro atoms. The summed E-state index contributed by atoms with van der Waals surface area (Å²) in [5.41, 5.74) is 0.985. The molecule has 1 atom stereocenters. The van der Waals surface area contributed by atoms with Crippen LogP contribution in [0.2, 0.25) is 0 Å². The highest BCUT2D eigenvalue weighted by molar-refractivity contribution is 5.99. The van der Waals surface area contributed by atoms with Crippen LogP contribution in [0.15, 0.2) is 71.8 Å². The van der Waals surface area contributed by atoms with Crippen molar-refractivity contribution in [1.82, 2.24) is 15.2 Å². The van der Waals surface area contributed by atoms with Crippen LogP contribution in [0.3, 0.4) is 0 Å². The van der Waals surface area contributed by atoms with Gasteiger partial charge in [0.2, 0.25) is 5.43 Å². The largest absolute Gasteiger partial charge is 0.376 e. The second-order valence-corrected chi connectivity index (χ2v) is 8.87. The van der Waals surface area contributed by atoms with Crippen LogP contribution < -0.4 is 16.1 Å². The van der Waals surface area contributed by atoms with E-state index in [2.05, 4.69) is 10.6 Å². The van der Waals surface area contributed by atoms with Crippen LogP contribution in [0.25, 0.3) is 0 Å². The first-order chi connectivity index (χ1) is 17.5. The molecule has 8 heteroatoms. The topological polar surface area (TPSA) is 89.4 Å². The number of hydrogen-bond acceptors (Lipinski definition) is 4. The van der Waals surface area contributed by atoms with Crippen LogP contribution in [-0.4, -0.2) is 42.2 Å². The summed E-state index contributed by atoms with van der Waals surface area (Å²) in [7, 11) is 0.